The van der Waals surface area contributed by atoms with Gasteiger partial charge in [0.15, 0.2) is 0 Å². The normalized spacial score (nSPS) is 11.6. The fraction of sp³-hybridized carbons (Fsp3) is 0.0385. The summed E-state index contributed by atoms with van der Waals surface area (Å²) in [4.78, 5) is 0. The van der Waals surface area contributed by atoms with Crippen LogP contribution in [0.5, 0.6) is 0 Å². The van der Waals surface area contributed by atoms with Gasteiger partial charge in [0.05, 0.1) is 11.6 Å². The molecule has 0 aliphatic heterocycles. The molecular formula is C26H17F2N5. The molecule has 0 radical (unpaired) electrons. The number of para-hydroxylation sites is 1. The van der Waals surface area contributed by atoms with Gasteiger partial charge in [-0.15, -0.1) is 10.2 Å². The second-order valence-electron chi connectivity index (χ2n) is 7.86. The molecular weight excluding hydrogens is 420 g/mol. The van der Waals surface area contributed by atoms with E-state index in [0.717, 1.165) is 38.5 Å². The standard InChI is InChI=1S/C26H17F2N5/c27-19-10-5-16(6-11-19)25(17-7-12-20(28)13-8-17)33-23-4-2-1-3-21(23)22-15-18(9-14-24(22)33)26-29-31-32-30-26/h1-15,25H,(H,29,30,31,32). The van der Waals surface area contributed by atoms with Crippen molar-refractivity contribution in [3.63, 3.8) is 0 Å². The highest BCUT2D eigenvalue weighted by molar-refractivity contribution is 6.09. The predicted molar refractivity (Wildman–Crippen MR) is 123 cm³/mol. The van der Waals surface area contributed by atoms with Gasteiger partial charge in [0.1, 0.15) is 11.6 Å². The van der Waals surface area contributed by atoms with Crippen LogP contribution in [0.4, 0.5) is 8.78 Å². The third kappa shape index (κ3) is 3.25. The van der Waals surface area contributed by atoms with Crippen LogP contribution in [0.25, 0.3) is 33.2 Å². The minimum Gasteiger partial charge on any atom is -0.329 e. The lowest BCUT2D eigenvalue weighted by molar-refractivity contribution is 0.622. The monoisotopic (exact) mass is 437 g/mol. The first-order valence-corrected chi connectivity index (χ1v) is 10.5. The zero-order chi connectivity index (χ0) is 22.4. The lowest BCUT2D eigenvalue weighted by atomic mass is 9.97. The highest BCUT2D eigenvalue weighted by Gasteiger charge is 2.22. The van der Waals surface area contributed by atoms with Crippen LogP contribution in [0.3, 0.4) is 0 Å². The zero-order valence-corrected chi connectivity index (χ0v) is 17.3. The van der Waals surface area contributed by atoms with E-state index in [0.29, 0.717) is 5.82 Å². The Balaban J connectivity index is 1.67. The molecule has 7 heteroatoms. The van der Waals surface area contributed by atoms with Gasteiger partial charge in [-0.1, -0.05) is 42.5 Å². The van der Waals surface area contributed by atoms with Gasteiger partial charge in [-0.3, -0.25) is 0 Å². The van der Waals surface area contributed by atoms with Crippen molar-refractivity contribution < 1.29 is 8.78 Å². The van der Waals surface area contributed by atoms with Gasteiger partial charge in [-0.25, -0.2) is 8.78 Å². The van der Waals surface area contributed by atoms with E-state index in [9.17, 15) is 8.78 Å². The van der Waals surface area contributed by atoms with E-state index in [2.05, 4.69) is 37.3 Å². The summed E-state index contributed by atoms with van der Waals surface area (Å²) < 4.78 is 29.7. The summed E-state index contributed by atoms with van der Waals surface area (Å²) >= 11 is 0. The molecule has 6 rings (SSSR count). The number of aromatic nitrogens is 5. The maximum absolute atomic E-state index is 13.8. The number of halogens is 2. The number of tetrazole rings is 1. The highest BCUT2D eigenvalue weighted by Crippen LogP contribution is 2.38. The second kappa shape index (κ2) is 7.63. The van der Waals surface area contributed by atoms with E-state index in [1.807, 2.05) is 30.3 Å². The molecule has 0 aliphatic carbocycles. The van der Waals surface area contributed by atoms with Gasteiger partial charge in [0.25, 0.3) is 0 Å². The van der Waals surface area contributed by atoms with Crippen LogP contribution in [0.2, 0.25) is 0 Å². The Morgan fingerprint density at radius 2 is 1.33 bits per heavy atom. The van der Waals surface area contributed by atoms with Crippen molar-refractivity contribution in [1.82, 2.24) is 25.2 Å². The van der Waals surface area contributed by atoms with Crippen molar-refractivity contribution in [2.45, 2.75) is 6.04 Å². The van der Waals surface area contributed by atoms with E-state index < -0.39 is 0 Å². The van der Waals surface area contributed by atoms with Gasteiger partial charge >= 0.3 is 0 Å². The molecule has 0 atom stereocenters. The van der Waals surface area contributed by atoms with Crippen molar-refractivity contribution in [2.75, 3.05) is 0 Å². The Hall–Kier alpha value is -4.39. The molecule has 2 heterocycles. The number of rotatable bonds is 4. The van der Waals surface area contributed by atoms with E-state index in [1.54, 1.807) is 24.3 Å². The summed E-state index contributed by atoms with van der Waals surface area (Å²) in [6.07, 6.45) is 0. The summed E-state index contributed by atoms with van der Waals surface area (Å²) in [5.41, 5.74) is 4.64. The van der Waals surface area contributed by atoms with Gasteiger partial charge in [0, 0.05) is 21.9 Å². The summed E-state index contributed by atoms with van der Waals surface area (Å²) in [7, 11) is 0. The van der Waals surface area contributed by atoms with Crippen LogP contribution in [0.15, 0.2) is 91.0 Å². The number of aromatic amines is 1. The molecule has 0 fully saturated rings. The molecule has 0 spiro atoms. The van der Waals surface area contributed by atoms with E-state index >= 15 is 0 Å². The van der Waals surface area contributed by atoms with Crippen LogP contribution in [0, 0.1) is 11.6 Å². The molecule has 0 bridgehead atoms. The molecule has 4 aromatic carbocycles. The van der Waals surface area contributed by atoms with Crippen LogP contribution >= 0.6 is 0 Å². The number of nitrogens with one attached hydrogen (secondary N) is 1. The minimum absolute atomic E-state index is 0.287. The SMILES string of the molecule is Fc1ccc(C(c2ccc(F)cc2)n2c3ccccc3c3cc(-c4nn[nH]n4)ccc32)cc1. The molecule has 160 valence electrons. The molecule has 5 nitrogen and oxygen atoms in total. The zero-order valence-electron chi connectivity index (χ0n) is 17.3. The fourth-order valence-electron chi connectivity index (χ4n) is 4.49. The lowest BCUT2D eigenvalue weighted by Crippen LogP contribution is -2.12. The molecule has 2 aromatic heterocycles. The Morgan fingerprint density at radius 1 is 0.697 bits per heavy atom. The smallest absolute Gasteiger partial charge is 0.204 e. The Morgan fingerprint density at radius 3 is 1.97 bits per heavy atom. The first-order valence-electron chi connectivity index (χ1n) is 10.5. The van der Waals surface area contributed by atoms with Crippen molar-refractivity contribution in [3.8, 4) is 11.4 Å². The lowest BCUT2D eigenvalue weighted by Gasteiger charge is -2.23. The molecule has 1 N–H and O–H groups in total. The third-order valence-electron chi connectivity index (χ3n) is 5.94. The average molecular weight is 437 g/mol. The Kier molecular flexibility index (Phi) is 4.47. The number of nitrogens with zero attached hydrogens (tertiary/aromatic N) is 4. The van der Waals surface area contributed by atoms with Crippen molar-refractivity contribution >= 4 is 21.8 Å². The quantitative estimate of drug-likeness (QED) is 0.374. The number of fused-ring (bicyclic) bond motifs is 3. The van der Waals surface area contributed by atoms with Gasteiger partial charge in [-0.2, -0.15) is 5.21 Å². The maximum atomic E-state index is 13.8. The summed E-state index contributed by atoms with van der Waals surface area (Å²) in [6.45, 7) is 0. The topological polar surface area (TPSA) is 59.4 Å². The van der Waals surface area contributed by atoms with E-state index in [4.69, 9.17) is 0 Å². The Bertz CT molecular complexity index is 1520. The van der Waals surface area contributed by atoms with Gasteiger partial charge in [-0.05, 0) is 64.9 Å². The number of hydrogen-bond donors (Lipinski definition) is 1. The second-order valence-corrected chi connectivity index (χ2v) is 7.86. The minimum atomic E-state index is -0.302. The number of benzene rings is 4. The molecule has 0 unspecified atom stereocenters. The maximum Gasteiger partial charge on any atom is 0.204 e. The summed E-state index contributed by atoms with van der Waals surface area (Å²) in [6, 6.07) is 26.8. The van der Waals surface area contributed by atoms with Gasteiger partial charge in [0.2, 0.25) is 5.82 Å². The van der Waals surface area contributed by atoms with E-state index in [1.165, 1.54) is 24.3 Å². The van der Waals surface area contributed by atoms with E-state index in [-0.39, 0.29) is 17.7 Å². The predicted octanol–water partition coefficient (Wildman–Crippen LogP) is 5.89. The number of H-pyrrole nitrogens is 1. The van der Waals surface area contributed by atoms with Crippen LogP contribution in [0.1, 0.15) is 17.2 Å². The van der Waals surface area contributed by atoms with Gasteiger partial charge < -0.3 is 4.57 Å². The fourth-order valence-corrected chi connectivity index (χ4v) is 4.49. The molecule has 0 saturated carbocycles. The molecule has 0 saturated heterocycles. The molecule has 0 amide bonds. The third-order valence-corrected chi connectivity index (χ3v) is 5.94. The van der Waals surface area contributed by atoms with Crippen LogP contribution in [-0.2, 0) is 0 Å². The molecule has 33 heavy (non-hydrogen) atoms. The van der Waals surface area contributed by atoms with Crippen LogP contribution in [-0.4, -0.2) is 25.2 Å². The average Bonchev–Trinajstić information content (AvgIpc) is 3.49. The largest absolute Gasteiger partial charge is 0.329 e. The summed E-state index contributed by atoms with van der Waals surface area (Å²) in [5, 5.41) is 16.5. The van der Waals surface area contributed by atoms with Crippen LogP contribution < -0.4 is 0 Å². The number of hydrogen-bond acceptors (Lipinski definition) is 3. The summed E-state index contributed by atoms with van der Waals surface area (Å²) in [5.74, 6) is -0.0884. The first kappa shape index (κ1) is 19.3. The van der Waals surface area contributed by atoms with Crippen molar-refractivity contribution in [3.05, 3.63) is 114 Å². The van der Waals surface area contributed by atoms with Crippen molar-refractivity contribution in [1.29, 1.82) is 0 Å². The molecule has 0 aliphatic rings. The Labute approximate surface area is 187 Å². The first-order chi connectivity index (χ1) is 16.2. The van der Waals surface area contributed by atoms with Crippen molar-refractivity contribution in [2.24, 2.45) is 0 Å². The molecule has 6 aromatic rings. The highest BCUT2D eigenvalue weighted by atomic mass is 19.1.